The molecule has 1 aliphatic rings. The van der Waals surface area contributed by atoms with Crippen LogP contribution in [0.3, 0.4) is 0 Å². The predicted octanol–water partition coefficient (Wildman–Crippen LogP) is 7.12. The van der Waals surface area contributed by atoms with Crippen LogP contribution in [0.5, 0.6) is 11.5 Å². The highest BCUT2D eigenvalue weighted by Gasteiger charge is 2.33. The first-order valence-electron chi connectivity index (χ1n) is 11.7. The van der Waals surface area contributed by atoms with E-state index in [4.69, 9.17) is 9.84 Å². The Morgan fingerprint density at radius 3 is 2.21 bits per heavy atom. The number of halogens is 1. The third-order valence-electron chi connectivity index (χ3n) is 5.64. The lowest BCUT2D eigenvalue weighted by Crippen LogP contribution is -2.28. The van der Waals surface area contributed by atoms with Gasteiger partial charge in [0, 0.05) is 0 Å². The van der Waals surface area contributed by atoms with Gasteiger partial charge in [0.2, 0.25) is 0 Å². The SMILES string of the molecule is O=C(O)c1ccc(CN2C(=O)/C(=C/c3ccc(Oc4ccccc4)cc3)SC2=Nc2ccc(F)cc2)cc1. The van der Waals surface area contributed by atoms with Crippen molar-refractivity contribution in [2.24, 2.45) is 4.99 Å². The summed E-state index contributed by atoms with van der Waals surface area (Å²) in [7, 11) is 0. The van der Waals surface area contributed by atoms with Gasteiger partial charge in [-0.25, -0.2) is 14.2 Å². The minimum atomic E-state index is -1.02. The van der Waals surface area contributed by atoms with Gasteiger partial charge >= 0.3 is 5.97 Å². The molecule has 1 N–H and O–H groups in total. The normalized spacial score (nSPS) is 15.3. The van der Waals surface area contributed by atoms with Gasteiger partial charge in [0.05, 0.1) is 22.7 Å². The van der Waals surface area contributed by atoms with Crippen LogP contribution in [0.1, 0.15) is 21.5 Å². The summed E-state index contributed by atoms with van der Waals surface area (Å²) in [6, 6.07) is 28.9. The molecule has 0 atom stereocenters. The van der Waals surface area contributed by atoms with E-state index in [0.717, 1.165) is 16.9 Å². The van der Waals surface area contributed by atoms with Gasteiger partial charge < -0.3 is 9.84 Å². The Labute approximate surface area is 222 Å². The van der Waals surface area contributed by atoms with Crippen molar-refractivity contribution >= 4 is 40.6 Å². The van der Waals surface area contributed by atoms with Crippen molar-refractivity contribution in [2.45, 2.75) is 6.54 Å². The molecule has 1 heterocycles. The lowest BCUT2D eigenvalue weighted by atomic mass is 10.1. The molecule has 5 rings (SSSR count). The van der Waals surface area contributed by atoms with E-state index in [9.17, 15) is 14.0 Å². The standard InChI is InChI=1S/C30H21FN2O4S/c31-23-12-14-24(15-13-23)32-30-33(19-21-6-10-22(11-7-21)29(35)36)28(34)27(38-30)18-20-8-16-26(17-9-20)37-25-4-2-1-3-5-25/h1-18H,19H2,(H,35,36)/b27-18-,32-30?. The predicted molar refractivity (Wildman–Crippen MR) is 146 cm³/mol. The van der Waals surface area contributed by atoms with Crippen LogP contribution < -0.4 is 4.74 Å². The van der Waals surface area contributed by atoms with Crippen molar-refractivity contribution in [3.05, 3.63) is 131 Å². The van der Waals surface area contributed by atoms with Crippen molar-refractivity contribution in [1.29, 1.82) is 0 Å². The Morgan fingerprint density at radius 2 is 1.55 bits per heavy atom. The van der Waals surface area contributed by atoms with Gasteiger partial charge in [0.1, 0.15) is 17.3 Å². The van der Waals surface area contributed by atoms with Crippen LogP contribution in [0.4, 0.5) is 10.1 Å². The molecule has 0 aliphatic carbocycles. The van der Waals surface area contributed by atoms with Crippen molar-refractivity contribution in [3.8, 4) is 11.5 Å². The minimum Gasteiger partial charge on any atom is -0.478 e. The van der Waals surface area contributed by atoms with Gasteiger partial charge in [0.15, 0.2) is 5.17 Å². The van der Waals surface area contributed by atoms with Gasteiger partial charge in [-0.05, 0) is 89.6 Å². The Hall–Kier alpha value is -4.69. The number of hydrogen-bond acceptors (Lipinski definition) is 5. The summed E-state index contributed by atoms with van der Waals surface area (Å²) in [5.74, 6) is -0.224. The van der Waals surface area contributed by atoms with Crippen molar-refractivity contribution in [3.63, 3.8) is 0 Å². The zero-order chi connectivity index (χ0) is 26.5. The van der Waals surface area contributed by atoms with Crippen LogP contribution >= 0.6 is 11.8 Å². The molecule has 38 heavy (non-hydrogen) atoms. The zero-order valence-electron chi connectivity index (χ0n) is 20.0. The topological polar surface area (TPSA) is 79.2 Å². The van der Waals surface area contributed by atoms with Crippen molar-refractivity contribution in [2.75, 3.05) is 0 Å². The van der Waals surface area contributed by atoms with Gasteiger partial charge in [-0.15, -0.1) is 0 Å². The average Bonchev–Trinajstić information content (AvgIpc) is 3.20. The number of carbonyl (C=O) groups excluding carboxylic acids is 1. The first-order valence-corrected chi connectivity index (χ1v) is 12.5. The van der Waals surface area contributed by atoms with E-state index in [0.29, 0.717) is 21.5 Å². The number of carboxylic acid groups (broad SMARTS) is 1. The van der Waals surface area contributed by atoms with E-state index in [-0.39, 0.29) is 23.8 Å². The number of carboxylic acids is 1. The fraction of sp³-hybridized carbons (Fsp3) is 0.0333. The van der Waals surface area contributed by atoms with Crippen LogP contribution in [0.2, 0.25) is 0 Å². The molecule has 6 nitrogen and oxygen atoms in total. The largest absolute Gasteiger partial charge is 0.478 e. The summed E-state index contributed by atoms with van der Waals surface area (Å²) >= 11 is 1.22. The molecule has 0 spiro atoms. The fourth-order valence-corrected chi connectivity index (χ4v) is 4.70. The van der Waals surface area contributed by atoms with Crippen LogP contribution in [-0.4, -0.2) is 27.1 Å². The number of benzene rings is 4. The van der Waals surface area contributed by atoms with Crippen LogP contribution in [0.25, 0.3) is 6.08 Å². The molecule has 1 saturated heterocycles. The summed E-state index contributed by atoms with van der Waals surface area (Å²) in [4.78, 5) is 31.2. The zero-order valence-corrected chi connectivity index (χ0v) is 20.8. The second kappa shape index (κ2) is 11.1. The molecule has 1 amide bonds. The third-order valence-corrected chi connectivity index (χ3v) is 6.64. The number of hydrogen-bond donors (Lipinski definition) is 1. The molecule has 0 aromatic heterocycles. The monoisotopic (exact) mass is 524 g/mol. The lowest BCUT2D eigenvalue weighted by molar-refractivity contribution is -0.122. The third kappa shape index (κ3) is 5.99. The van der Waals surface area contributed by atoms with E-state index in [1.165, 1.54) is 40.9 Å². The summed E-state index contributed by atoms with van der Waals surface area (Å²) < 4.78 is 19.2. The summed E-state index contributed by atoms with van der Waals surface area (Å²) in [6.45, 7) is 0.201. The molecular weight excluding hydrogens is 503 g/mol. The maximum atomic E-state index is 13.4. The van der Waals surface area contributed by atoms with E-state index < -0.39 is 5.97 Å². The molecule has 0 saturated carbocycles. The Bertz CT molecular complexity index is 1520. The minimum absolute atomic E-state index is 0.163. The number of para-hydroxylation sites is 1. The van der Waals surface area contributed by atoms with E-state index in [2.05, 4.69) is 4.99 Å². The highest BCUT2D eigenvalue weighted by atomic mass is 32.2. The number of rotatable bonds is 7. The van der Waals surface area contributed by atoms with Crippen molar-refractivity contribution in [1.82, 2.24) is 4.90 Å². The van der Waals surface area contributed by atoms with E-state index >= 15 is 0 Å². The quantitative estimate of drug-likeness (QED) is 0.260. The van der Waals surface area contributed by atoms with Crippen molar-refractivity contribution < 1.29 is 23.8 Å². The lowest BCUT2D eigenvalue weighted by Gasteiger charge is -2.16. The molecule has 0 bridgehead atoms. The fourth-order valence-electron chi connectivity index (χ4n) is 3.70. The molecule has 1 aliphatic heterocycles. The van der Waals surface area contributed by atoms with Crippen LogP contribution in [0, 0.1) is 5.82 Å². The number of amidine groups is 1. The number of thioether (sulfide) groups is 1. The number of aliphatic imine (C=N–C) groups is 1. The van der Waals surface area contributed by atoms with Crippen LogP contribution in [-0.2, 0) is 11.3 Å². The number of amides is 1. The molecule has 4 aromatic rings. The average molecular weight is 525 g/mol. The van der Waals surface area contributed by atoms with Gasteiger partial charge in [0.25, 0.3) is 5.91 Å². The highest BCUT2D eigenvalue weighted by Crippen LogP contribution is 2.35. The summed E-state index contributed by atoms with van der Waals surface area (Å²) in [5, 5.41) is 9.61. The molecule has 188 valence electrons. The molecule has 0 radical (unpaired) electrons. The number of aromatic carboxylic acids is 1. The maximum absolute atomic E-state index is 13.4. The second-order valence-electron chi connectivity index (χ2n) is 8.36. The van der Waals surface area contributed by atoms with Gasteiger partial charge in [-0.2, -0.15) is 0 Å². The van der Waals surface area contributed by atoms with Gasteiger partial charge in [-0.3, -0.25) is 9.69 Å². The Balaban J connectivity index is 1.40. The molecule has 0 unspecified atom stereocenters. The second-order valence-corrected chi connectivity index (χ2v) is 9.37. The van der Waals surface area contributed by atoms with E-state index in [1.807, 2.05) is 54.6 Å². The maximum Gasteiger partial charge on any atom is 0.335 e. The smallest absolute Gasteiger partial charge is 0.335 e. The first kappa shape index (κ1) is 25.0. The number of carbonyl (C=O) groups is 2. The van der Waals surface area contributed by atoms with Crippen LogP contribution in [0.15, 0.2) is 113 Å². The summed E-state index contributed by atoms with van der Waals surface area (Å²) in [6.07, 6.45) is 1.78. The summed E-state index contributed by atoms with van der Waals surface area (Å²) in [5.41, 5.74) is 2.24. The Morgan fingerprint density at radius 1 is 0.895 bits per heavy atom. The molecular formula is C30H21FN2O4S. The number of ether oxygens (including phenoxy) is 1. The highest BCUT2D eigenvalue weighted by molar-refractivity contribution is 8.18. The molecule has 4 aromatic carbocycles. The number of nitrogens with zero attached hydrogens (tertiary/aromatic N) is 2. The molecule has 1 fully saturated rings. The van der Waals surface area contributed by atoms with Gasteiger partial charge in [-0.1, -0.05) is 42.5 Å². The molecule has 8 heteroatoms. The Kier molecular flexibility index (Phi) is 7.33. The van der Waals surface area contributed by atoms with E-state index in [1.54, 1.807) is 30.3 Å². The first-order chi connectivity index (χ1) is 18.4.